The minimum atomic E-state index is -3.68. The molecule has 36 heavy (non-hydrogen) atoms. The summed E-state index contributed by atoms with van der Waals surface area (Å²) in [5.74, 6) is -0.708. The van der Waals surface area contributed by atoms with Crippen LogP contribution in [0.5, 0.6) is 0 Å². The first-order valence-electron chi connectivity index (χ1n) is 11.9. The fourth-order valence-corrected chi connectivity index (χ4v) is 6.61. The van der Waals surface area contributed by atoms with Gasteiger partial charge in [-0.1, -0.05) is 31.2 Å². The second kappa shape index (κ2) is 10.0. The van der Waals surface area contributed by atoms with Crippen LogP contribution in [-0.2, 0) is 14.8 Å². The van der Waals surface area contributed by atoms with E-state index in [9.17, 15) is 17.6 Å². The van der Waals surface area contributed by atoms with E-state index in [1.54, 1.807) is 48.0 Å². The van der Waals surface area contributed by atoms with Gasteiger partial charge in [-0.05, 0) is 48.7 Å². The van der Waals surface area contributed by atoms with Crippen LogP contribution in [0, 0.1) is 11.7 Å². The first-order valence-corrected chi connectivity index (χ1v) is 14.2. The molecule has 1 aromatic heterocycles. The number of carbonyl (C=O) groups is 1. The number of sulfonamides is 1. The number of nitrogens with one attached hydrogen (secondary N) is 2. The van der Waals surface area contributed by atoms with E-state index >= 15 is 0 Å². The Bertz CT molecular complexity index is 1370. The van der Waals surface area contributed by atoms with Crippen LogP contribution in [0.25, 0.3) is 6.08 Å². The molecular weight excluding hydrogens is 499 g/mol. The number of aromatic nitrogens is 1. The number of rotatable bonds is 7. The summed E-state index contributed by atoms with van der Waals surface area (Å²) in [5, 5.41) is 5.22. The number of thiazole rings is 1. The Hall–Kier alpha value is -3.24. The summed E-state index contributed by atoms with van der Waals surface area (Å²) in [6.45, 7) is 3.39. The Labute approximate surface area is 214 Å². The van der Waals surface area contributed by atoms with Crippen LogP contribution in [0.4, 0.5) is 15.2 Å². The van der Waals surface area contributed by atoms with Gasteiger partial charge in [0.1, 0.15) is 5.82 Å². The highest BCUT2D eigenvalue weighted by Crippen LogP contribution is 2.37. The molecule has 1 aliphatic heterocycles. The zero-order chi connectivity index (χ0) is 25.3. The van der Waals surface area contributed by atoms with E-state index in [4.69, 9.17) is 0 Å². The molecule has 7 nitrogen and oxygen atoms in total. The number of benzene rings is 2. The van der Waals surface area contributed by atoms with Crippen molar-refractivity contribution in [1.82, 2.24) is 10.3 Å². The van der Waals surface area contributed by atoms with E-state index in [1.165, 1.54) is 17.4 Å². The minimum absolute atomic E-state index is 0.0255. The molecule has 188 valence electrons. The van der Waals surface area contributed by atoms with Gasteiger partial charge in [-0.25, -0.2) is 17.8 Å². The molecular formula is C26H27FN4O3S2. The number of allylic oxidation sites excluding steroid dienone is 1. The SMILES string of the molecule is C[C@H](C(=O)NC1CCN(c2ccc(S(=O)(=O)Nc3nccs3)cc2)CC1)C1C=Cc2c(F)cccc21. The van der Waals surface area contributed by atoms with Crippen LogP contribution >= 0.6 is 11.3 Å². The Morgan fingerprint density at radius 2 is 1.92 bits per heavy atom. The Morgan fingerprint density at radius 1 is 1.17 bits per heavy atom. The van der Waals surface area contributed by atoms with Gasteiger partial charge in [0.15, 0.2) is 5.13 Å². The number of amides is 1. The molecule has 0 bridgehead atoms. The first-order chi connectivity index (χ1) is 17.3. The number of fused-ring (bicyclic) bond motifs is 1. The molecule has 2 N–H and O–H groups in total. The van der Waals surface area contributed by atoms with Crippen LogP contribution in [0.2, 0.25) is 0 Å². The maximum Gasteiger partial charge on any atom is 0.263 e. The highest BCUT2D eigenvalue weighted by Gasteiger charge is 2.31. The van der Waals surface area contributed by atoms with E-state index in [-0.39, 0.29) is 34.5 Å². The average Bonchev–Trinajstić information content (AvgIpc) is 3.54. The maximum absolute atomic E-state index is 14.0. The van der Waals surface area contributed by atoms with Gasteiger partial charge in [0.25, 0.3) is 10.0 Å². The van der Waals surface area contributed by atoms with Crippen LogP contribution in [0.1, 0.15) is 36.8 Å². The molecule has 5 rings (SSSR count). The summed E-state index contributed by atoms with van der Waals surface area (Å²) in [6.07, 6.45) is 6.80. The van der Waals surface area contributed by atoms with Crippen molar-refractivity contribution in [3.05, 3.63) is 77.1 Å². The number of hydrogen-bond acceptors (Lipinski definition) is 6. The molecule has 0 radical (unpaired) electrons. The van der Waals surface area contributed by atoms with E-state index in [0.29, 0.717) is 10.7 Å². The van der Waals surface area contributed by atoms with Crippen molar-refractivity contribution in [3.8, 4) is 0 Å². The van der Waals surface area contributed by atoms with Gasteiger partial charge >= 0.3 is 0 Å². The third-order valence-electron chi connectivity index (χ3n) is 6.88. The minimum Gasteiger partial charge on any atom is -0.371 e. The summed E-state index contributed by atoms with van der Waals surface area (Å²) in [5.41, 5.74) is 2.38. The monoisotopic (exact) mass is 526 g/mol. The summed E-state index contributed by atoms with van der Waals surface area (Å²) >= 11 is 1.22. The number of halogens is 1. The fourth-order valence-electron chi connectivity index (χ4n) is 4.82. The van der Waals surface area contributed by atoms with E-state index < -0.39 is 10.0 Å². The molecule has 1 saturated heterocycles. The molecule has 2 heterocycles. The molecule has 10 heteroatoms. The number of piperidine rings is 1. The standard InChI is InChI=1S/C26H27FN4O3S2/c1-17(21-9-10-23-22(21)3-2-4-24(23)27)25(32)29-18-11-14-31(15-12-18)19-5-7-20(8-6-19)36(33,34)30-26-28-13-16-35-26/h2-10,13,16-18,21H,11-12,14-15H2,1H3,(H,28,30)(H,29,32)/t17-,21?/m0/s1. The fraction of sp³-hybridized carbons (Fsp3) is 0.308. The van der Waals surface area contributed by atoms with Gasteiger partial charge in [0, 0.05) is 53.8 Å². The topological polar surface area (TPSA) is 91.4 Å². The van der Waals surface area contributed by atoms with Crippen LogP contribution in [-0.4, -0.2) is 38.4 Å². The lowest BCUT2D eigenvalue weighted by molar-refractivity contribution is -0.125. The quantitative estimate of drug-likeness (QED) is 0.469. The number of hydrogen-bond donors (Lipinski definition) is 2. The van der Waals surface area contributed by atoms with E-state index in [1.807, 2.05) is 19.1 Å². The molecule has 2 aliphatic rings. The second-order valence-electron chi connectivity index (χ2n) is 9.12. The van der Waals surface area contributed by atoms with Crippen LogP contribution in [0.3, 0.4) is 0 Å². The van der Waals surface area contributed by atoms with Crippen molar-refractivity contribution in [2.75, 3.05) is 22.7 Å². The lowest BCUT2D eigenvalue weighted by atomic mass is 9.88. The summed E-state index contributed by atoms with van der Waals surface area (Å²) < 4.78 is 41.6. The Kier molecular flexibility index (Phi) is 6.81. The lowest BCUT2D eigenvalue weighted by Gasteiger charge is -2.34. The van der Waals surface area contributed by atoms with Crippen molar-refractivity contribution in [3.63, 3.8) is 0 Å². The van der Waals surface area contributed by atoms with Crippen LogP contribution < -0.4 is 14.9 Å². The largest absolute Gasteiger partial charge is 0.371 e. The summed E-state index contributed by atoms with van der Waals surface area (Å²) in [6, 6.07) is 11.9. The van der Waals surface area contributed by atoms with E-state index in [0.717, 1.165) is 37.2 Å². The first kappa shape index (κ1) is 24.5. The smallest absolute Gasteiger partial charge is 0.263 e. The second-order valence-corrected chi connectivity index (χ2v) is 11.7. The van der Waals surface area contributed by atoms with Gasteiger partial charge in [-0.2, -0.15) is 0 Å². The van der Waals surface area contributed by atoms with Crippen molar-refractivity contribution < 1.29 is 17.6 Å². The molecule has 2 atom stereocenters. The van der Waals surface area contributed by atoms with Crippen molar-refractivity contribution in [2.24, 2.45) is 5.92 Å². The number of carbonyl (C=O) groups excluding carboxylic acids is 1. The predicted molar refractivity (Wildman–Crippen MR) is 140 cm³/mol. The summed E-state index contributed by atoms with van der Waals surface area (Å²) in [4.78, 5) is 19.3. The Balaban J connectivity index is 1.15. The van der Waals surface area contributed by atoms with Gasteiger partial charge in [0.05, 0.1) is 4.90 Å². The molecule has 1 fully saturated rings. The highest BCUT2D eigenvalue weighted by atomic mass is 32.2. The van der Waals surface area contributed by atoms with Gasteiger partial charge in [-0.3, -0.25) is 9.52 Å². The van der Waals surface area contributed by atoms with Crippen molar-refractivity contribution in [2.45, 2.75) is 36.6 Å². The molecule has 2 aromatic carbocycles. The summed E-state index contributed by atoms with van der Waals surface area (Å²) in [7, 11) is -3.68. The molecule has 1 unspecified atom stereocenters. The predicted octanol–water partition coefficient (Wildman–Crippen LogP) is 4.61. The van der Waals surface area contributed by atoms with Crippen LogP contribution in [0.15, 0.2) is 65.0 Å². The zero-order valence-corrected chi connectivity index (χ0v) is 21.4. The highest BCUT2D eigenvalue weighted by molar-refractivity contribution is 7.93. The Morgan fingerprint density at radius 3 is 2.61 bits per heavy atom. The van der Waals surface area contributed by atoms with Gasteiger partial charge < -0.3 is 10.2 Å². The van der Waals surface area contributed by atoms with Crippen molar-refractivity contribution in [1.29, 1.82) is 0 Å². The van der Waals surface area contributed by atoms with E-state index in [2.05, 4.69) is 19.9 Å². The van der Waals surface area contributed by atoms with Gasteiger partial charge in [-0.15, -0.1) is 11.3 Å². The normalized spacial score (nSPS) is 18.6. The maximum atomic E-state index is 14.0. The number of nitrogens with zero attached hydrogens (tertiary/aromatic N) is 2. The lowest BCUT2D eigenvalue weighted by Crippen LogP contribution is -2.46. The third kappa shape index (κ3) is 5.01. The molecule has 3 aromatic rings. The third-order valence-corrected chi connectivity index (χ3v) is 9.05. The molecule has 1 amide bonds. The molecule has 1 aliphatic carbocycles. The average molecular weight is 527 g/mol. The van der Waals surface area contributed by atoms with Gasteiger partial charge in [0.2, 0.25) is 5.91 Å². The number of anilines is 2. The molecule has 0 spiro atoms. The molecule has 0 saturated carbocycles. The zero-order valence-electron chi connectivity index (χ0n) is 19.7. The van der Waals surface area contributed by atoms with Crippen molar-refractivity contribution >= 4 is 44.2 Å².